The molecule has 0 N–H and O–H groups in total. The summed E-state index contributed by atoms with van der Waals surface area (Å²) in [4.78, 5) is 2.44. The Labute approximate surface area is 387 Å². The molecule has 0 saturated heterocycles. The van der Waals surface area contributed by atoms with Crippen LogP contribution in [0.1, 0.15) is 47.2 Å². The lowest BCUT2D eigenvalue weighted by Gasteiger charge is -2.32. The summed E-state index contributed by atoms with van der Waals surface area (Å²) < 4.78 is 13.8. The molecule has 2 heterocycles. The average molecular weight is 856 g/mol. The van der Waals surface area contributed by atoms with Crippen LogP contribution in [-0.2, 0) is 10.8 Å². The van der Waals surface area contributed by atoms with Crippen LogP contribution in [0.2, 0.25) is 0 Å². The molecule has 2 aromatic heterocycles. The van der Waals surface area contributed by atoms with Crippen LogP contribution >= 0.6 is 0 Å². The third kappa shape index (κ3) is 4.80. The summed E-state index contributed by atoms with van der Waals surface area (Å²) in [5.41, 5.74) is 23.9. The Kier molecular flexibility index (Phi) is 7.22. The van der Waals surface area contributed by atoms with Crippen LogP contribution in [-0.4, -0.2) is 0 Å². The number of hydrogen-bond acceptors (Lipinski definition) is 3. The summed E-state index contributed by atoms with van der Waals surface area (Å²) in [6.45, 7) is 4.72. The lowest BCUT2D eigenvalue weighted by Crippen LogP contribution is -2.26. The van der Waals surface area contributed by atoms with E-state index in [0.717, 1.165) is 66.5 Å². The highest BCUT2D eigenvalue weighted by Gasteiger charge is 2.51. The second-order valence-corrected chi connectivity index (χ2v) is 19.1. The average Bonchev–Trinajstić information content (AvgIpc) is 4.15. The van der Waals surface area contributed by atoms with Gasteiger partial charge >= 0.3 is 0 Å². The molecule has 0 radical (unpaired) electrons. The molecule has 0 unspecified atom stereocenters. The molecule has 0 aliphatic heterocycles. The summed E-state index contributed by atoms with van der Waals surface area (Å²) in [5, 5.41) is 4.19. The number of rotatable bonds is 4. The molecule has 3 heteroatoms. The fourth-order valence-corrected chi connectivity index (χ4v) is 12.5. The third-order valence-corrected chi connectivity index (χ3v) is 15.5. The number of fused-ring (bicyclic) bond motifs is 19. The minimum atomic E-state index is -0.481. The summed E-state index contributed by atoms with van der Waals surface area (Å²) in [6.07, 6.45) is 0. The van der Waals surface area contributed by atoms with Crippen LogP contribution in [0.5, 0.6) is 0 Å². The van der Waals surface area contributed by atoms with Crippen molar-refractivity contribution in [3.8, 4) is 44.5 Å². The van der Waals surface area contributed by atoms with E-state index in [2.05, 4.69) is 231 Å². The van der Waals surface area contributed by atoms with Gasteiger partial charge < -0.3 is 13.7 Å². The maximum atomic E-state index is 7.18. The fourth-order valence-electron chi connectivity index (χ4n) is 12.5. The predicted molar refractivity (Wildman–Crippen MR) is 275 cm³/mol. The Morgan fingerprint density at radius 1 is 0.328 bits per heavy atom. The molecule has 67 heavy (non-hydrogen) atoms. The van der Waals surface area contributed by atoms with E-state index in [9.17, 15) is 0 Å². The van der Waals surface area contributed by atoms with Crippen molar-refractivity contribution in [2.45, 2.75) is 24.7 Å². The van der Waals surface area contributed by atoms with Gasteiger partial charge in [0.1, 0.15) is 16.7 Å². The molecule has 0 fully saturated rings. The van der Waals surface area contributed by atoms with Gasteiger partial charge in [0.2, 0.25) is 0 Å². The van der Waals surface area contributed by atoms with E-state index in [0.29, 0.717) is 0 Å². The second kappa shape index (κ2) is 13.1. The monoisotopic (exact) mass is 855 g/mol. The van der Waals surface area contributed by atoms with Crippen LogP contribution in [0.15, 0.2) is 221 Å². The van der Waals surface area contributed by atoms with Crippen molar-refractivity contribution in [1.82, 2.24) is 0 Å². The first-order chi connectivity index (χ1) is 33.0. The lowest BCUT2D eigenvalue weighted by atomic mass is 9.70. The van der Waals surface area contributed by atoms with E-state index in [-0.39, 0.29) is 5.41 Å². The largest absolute Gasteiger partial charge is 0.456 e. The first-order valence-electron chi connectivity index (χ1n) is 23.3. The van der Waals surface area contributed by atoms with Gasteiger partial charge in [-0.2, -0.15) is 0 Å². The Bertz CT molecular complexity index is 4030. The van der Waals surface area contributed by atoms with Crippen LogP contribution in [0.25, 0.3) is 88.4 Å². The molecular weight excluding hydrogens is 815 g/mol. The Morgan fingerprint density at radius 2 is 0.836 bits per heavy atom. The summed E-state index contributed by atoms with van der Waals surface area (Å²) in [7, 11) is 0. The molecule has 1 spiro atoms. The molecule has 0 bridgehead atoms. The van der Waals surface area contributed by atoms with Gasteiger partial charge in [0, 0.05) is 38.3 Å². The maximum absolute atomic E-state index is 7.18. The molecule has 3 nitrogen and oxygen atoms in total. The van der Waals surface area contributed by atoms with E-state index in [4.69, 9.17) is 8.83 Å². The van der Waals surface area contributed by atoms with Gasteiger partial charge in [-0.15, -0.1) is 0 Å². The van der Waals surface area contributed by atoms with E-state index in [1.54, 1.807) is 0 Å². The molecule has 0 atom stereocenters. The second-order valence-electron chi connectivity index (χ2n) is 19.1. The third-order valence-electron chi connectivity index (χ3n) is 15.5. The van der Waals surface area contributed by atoms with Gasteiger partial charge in [0.05, 0.1) is 11.1 Å². The minimum absolute atomic E-state index is 0.183. The SMILES string of the molecule is CC1(C)c2ccccc2-c2ccc(N(c3ccc4c(c3)C3(c5ccccc5-c5ccccc53)c3ccccc3-4)c3cccc4c3oc3cc5c(cc34)oc3ccc(-c4ccccc4)cc35)cc21. The van der Waals surface area contributed by atoms with Crippen molar-refractivity contribution >= 4 is 60.9 Å². The smallest absolute Gasteiger partial charge is 0.159 e. The number of para-hydroxylation sites is 1. The molecule has 0 amide bonds. The van der Waals surface area contributed by atoms with Crippen molar-refractivity contribution in [3.63, 3.8) is 0 Å². The van der Waals surface area contributed by atoms with Crippen molar-refractivity contribution < 1.29 is 8.83 Å². The summed E-state index contributed by atoms with van der Waals surface area (Å²) >= 11 is 0. The minimum Gasteiger partial charge on any atom is -0.456 e. The van der Waals surface area contributed by atoms with Crippen molar-refractivity contribution in [2.75, 3.05) is 4.90 Å². The number of nitrogens with zero attached hydrogens (tertiary/aromatic N) is 1. The van der Waals surface area contributed by atoms with Crippen LogP contribution < -0.4 is 4.90 Å². The Hall–Kier alpha value is -8.40. The molecule has 3 aliphatic carbocycles. The van der Waals surface area contributed by atoms with Crippen molar-refractivity contribution in [2.24, 2.45) is 0 Å². The van der Waals surface area contributed by atoms with Gasteiger partial charge in [0.15, 0.2) is 5.58 Å². The first-order valence-corrected chi connectivity index (χ1v) is 23.3. The molecule has 314 valence electrons. The molecule has 0 saturated carbocycles. The van der Waals surface area contributed by atoms with E-state index in [1.807, 2.05) is 0 Å². The molecule has 3 aliphatic rings. The van der Waals surface area contributed by atoms with Gasteiger partial charge in [-0.25, -0.2) is 0 Å². The predicted octanol–water partition coefficient (Wildman–Crippen LogP) is 17.3. The quantitative estimate of drug-likeness (QED) is 0.177. The lowest BCUT2D eigenvalue weighted by molar-refractivity contribution is 0.660. The molecule has 15 rings (SSSR count). The van der Waals surface area contributed by atoms with Crippen LogP contribution in [0.3, 0.4) is 0 Å². The van der Waals surface area contributed by atoms with Gasteiger partial charge in [-0.1, -0.05) is 172 Å². The zero-order chi connectivity index (χ0) is 44.2. The number of benzene rings is 10. The van der Waals surface area contributed by atoms with E-state index < -0.39 is 5.41 Å². The Balaban J connectivity index is 0.982. The zero-order valence-electron chi connectivity index (χ0n) is 37.0. The normalized spacial score (nSPS) is 14.4. The number of anilines is 3. The van der Waals surface area contributed by atoms with Crippen molar-refractivity contribution in [1.29, 1.82) is 0 Å². The topological polar surface area (TPSA) is 29.5 Å². The van der Waals surface area contributed by atoms with Crippen LogP contribution in [0, 0.1) is 0 Å². The summed E-state index contributed by atoms with van der Waals surface area (Å²) in [5.74, 6) is 0. The number of furan rings is 2. The standard InChI is InChI=1S/C64H41NO2/c1-63(2)52-22-10-6-17-42(52)46-30-28-40(34-56(46)63)65(41-29-31-47-45-20-9-13-25-55(45)64(57(47)35-41)53-23-11-7-18-43(53)44-19-8-12-24-54(44)64)58-26-14-21-48-50-36-60-51(37-61(50)67-62(48)58)49-33-39(27-32-59(49)66-60)38-15-4-3-5-16-38/h3-37H,1-2H3. The number of hydrogen-bond donors (Lipinski definition) is 0. The zero-order valence-corrected chi connectivity index (χ0v) is 37.0. The maximum Gasteiger partial charge on any atom is 0.159 e. The Morgan fingerprint density at radius 3 is 1.49 bits per heavy atom. The highest BCUT2D eigenvalue weighted by Crippen LogP contribution is 2.63. The van der Waals surface area contributed by atoms with Crippen molar-refractivity contribution in [3.05, 3.63) is 246 Å². The summed E-state index contributed by atoms with van der Waals surface area (Å²) in [6, 6.07) is 78.2. The highest BCUT2D eigenvalue weighted by atomic mass is 16.3. The molecular formula is C64H41NO2. The van der Waals surface area contributed by atoms with Gasteiger partial charge in [0.25, 0.3) is 0 Å². The van der Waals surface area contributed by atoms with E-state index >= 15 is 0 Å². The molecule has 10 aromatic carbocycles. The van der Waals surface area contributed by atoms with Crippen LogP contribution in [0.4, 0.5) is 17.1 Å². The highest BCUT2D eigenvalue weighted by molar-refractivity contribution is 6.17. The first kappa shape index (κ1) is 36.9. The van der Waals surface area contributed by atoms with Gasteiger partial charge in [-0.05, 0) is 132 Å². The van der Waals surface area contributed by atoms with Gasteiger partial charge in [-0.3, -0.25) is 0 Å². The molecule has 12 aromatic rings. The fraction of sp³-hybridized carbons (Fsp3) is 0.0625. The van der Waals surface area contributed by atoms with E-state index in [1.165, 1.54) is 72.3 Å².